The molecule has 0 heterocycles. The second-order valence-electron chi connectivity index (χ2n) is 10.5. The van der Waals surface area contributed by atoms with E-state index in [1.54, 1.807) is 10.6 Å². The van der Waals surface area contributed by atoms with Gasteiger partial charge in [-0.15, -0.1) is 0 Å². The van der Waals surface area contributed by atoms with Crippen LogP contribution < -0.4 is 10.6 Å². The van der Waals surface area contributed by atoms with Crippen molar-refractivity contribution in [2.75, 3.05) is 0 Å². The highest BCUT2D eigenvalue weighted by Gasteiger charge is 2.55. The molecule has 0 saturated heterocycles. The second kappa shape index (κ2) is 6.91. The van der Waals surface area contributed by atoms with Gasteiger partial charge in [0.15, 0.2) is 0 Å². The highest BCUT2D eigenvalue weighted by atomic mass is 31.1. The minimum absolute atomic E-state index is 0.425. The second-order valence-corrected chi connectivity index (χ2v) is 13.1. The van der Waals surface area contributed by atoms with Crippen molar-refractivity contribution in [1.82, 2.24) is 0 Å². The lowest BCUT2D eigenvalue weighted by atomic mass is 9.56. The SMILES string of the molecule is c1ccc2c(P(c3cccc4ccccc34)C34CC5CC(CC(C5)C3)C4)cccc2c1. The molecule has 8 rings (SSSR count). The molecule has 4 aromatic rings. The molecule has 154 valence electrons. The lowest BCUT2D eigenvalue weighted by Crippen LogP contribution is -2.51. The highest BCUT2D eigenvalue weighted by molar-refractivity contribution is 7.75. The zero-order valence-corrected chi connectivity index (χ0v) is 18.9. The summed E-state index contributed by atoms with van der Waals surface area (Å²) in [5.74, 6) is 2.92. The first-order chi connectivity index (χ1) is 15.3. The maximum atomic E-state index is 2.48. The molecular formula is C30H29P. The van der Waals surface area contributed by atoms with Gasteiger partial charge in [-0.1, -0.05) is 84.9 Å². The molecule has 4 aromatic carbocycles. The standard InChI is InChI=1S/C30H29P/c1-3-11-26-24(7-1)9-5-13-28(26)31(29-14-6-10-25-8-2-4-12-27(25)29)30-18-21-15-22(19-30)17-23(16-21)20-30/h1-14,21-23H,15-20H2. The van der Waals surface area contributed by atoms with Crippen molar-refractivity contribution in [3.63, 3.8) is 0 Å². The minimum Gasteiger partial charge on any atom is -0.0616 e. The van der Waals surface area contributed by atoms with Gasteiger partial charge in [-0.25, -0.2) is 0 Å². The first kappa shape index (κ1) is 18.4. The van der Waals surface area contributed by atoms with Crippen molar-refractivity contribution in [1.29, 1.82) is 0 Å². The lowest BCUT2D eigenvalue weighted by molar-refractivity contribution is 0.0365. The van der Waals surface area contributed by atoms with Crippen LogP contribution in [0.1, 0.15) is 38.5 Å². The predicted octanol–water partition coefficient (Wildman–Crippen LogP) is 7.39. The number of rotatable bonds is 3. The summed E-state index contributed by atoms with van der Waals surface area (Å²) in [4.78, 5) is 0. The molecule has 0 spiro atoms. The van der Waals surface area contributed by atoms with Gasteiger partial charge in [0.05, 0.1) is 0 Å². The fourth-order valence-electron chi connectivity index (χ4n) is 7.79. The number of hydrogen-bond acceptors (Lipinski definition) is 0. The smallest absolute Gasteiger partial charge is 0.000599 e. The molecule has 0 atom stereocenters. The van der Waals surface area contributed by atoms with Gasteiger partial charge in [-0.05, 0) is 102 Å². The molecule has 0 amide bonds. The van der Waals surface area contributed by atoms with Gasteiger partial charge in [0.1, 0.15) is 0 Å². The molecule has 0 aromatic heterocycles. The van der Waals surface area contributed by atoms with E-state index in [0.717, 1.165) is 17.8 Å². The molecule has 0 N–H and O–H groups in total. The van der Waals surface area contributed by atoms with Crippen LogP contribution in [-0.4, -0.2) is 5.16 Å². The Morgan fingerprint density at radius 1 is 0.516 bits per heavy atom. The predicted molar refractivity (Wildman–Crippen MR) is 135 cm³/mol. The quantitative estimate of drug-likeness (QED) is 0.303. The van der Waals surface area contributed by atoms with Gasteiger partial charge in [-0.2, -0.15) is 0 Å². The van der Waals surface area contributed by atoms with Crippen molar-refractivity contribution in [3.8, 4) is 0 Å². The van der Waals surface area contributed by atoms with Gasteiger partial charge in [0, 0.05) is 0 Å². The van der Waals surface area contributed by atoms with Gasteiger partial charge in [-0.3, -0.25) is 0 Å². The molecule has 4 bridgehead atoms. The third-order valence-electron chi connectivity index (χ3n) is 8.50. The topological polar surface area (TPSA) is 0 Å². The highest BCUT2D eigenvalue weighted by Crippen LogP contribution is 2.68. The van der Waals surface area contributed by atoms with Crippen molar-refractivity contribution in [3.05, 3.63) is 84.9 Å². The van der Waals surface area contributed by atoms with E-state index in [0.29, 0.717) is 5.16 Å². The van der Waals surface area contributed by atoms with Crippen molar-refractivity contribution in [2.24, 2.45) is 17.8 Å². The monoisotopic (exact) mass is 420 g/mol. The first-order valence-electron chi connectivity index (χ1n) is 12.0. The Kier molecular flexibility index (Phi) is 4.10. The molecule has 1 heteroatoms. The Morgan fingerprint density at radius 2 is 0.935 bits per heavy atom. The molecule has 0 radical (unpaired) electrons. The van der Waals surface area contributed by atoms with Crippen LogP contribution in [0.4, 0.5) is 0 Å². The Hall–Kier alpha value is -2.17. The average Bonchev–Trinajstić information content (AvgIpc) is 2.79. The first-order valence-corrected chi connectivity index (χ1v) is 13.4. The zero-order valence-electron chi connectivity index (χ0n) is 18.0. The van der Waals surface area contributed by atoms with Crippen LogP contribution in [0.5, 0.6) is 0 Å². The summed E-state index contributed by atoms with van der Waals surface area (Å²) in [6, 6.07) is 32.4. The summed E-state index contributed by atoms with van der Waals surface area (Å²) >= 11 is 0. The summed E-state index contributed by atoms with van der Waals surface area (Å²) in [6.45, 7) is 0. The van der Waals surface area contributed by atoms with Crippen LogP contribution in [0.25, 0.3) is 21.5 Å². The van der Waals surface area contributed by atoms with E-state index in [1.165, 1.54) is 60.1 Å². The van der Waals surface area contributed by atoms with Gasteiger partial charge >= 0.3 is 0 Å². The molecule has 4 fully saturated rings. The van der Waals surface area contributed by atoms with Crippen LogP contribution in [-0.2, 0) is 0 Å². The molecule has 4 aliphatic carbocycles. The Bertz CT molecular complexity index is 1160. The Morgan fingerprint density at radius 3 is 1.42 bits per heavy atom. The maximum absolute atomic E-state index is 2.48. The largest absolute Gasteiger partial charge is 0.0616 e. The van der Waals surface area contributed by atoms with Crippen LogP contribution in [0.2, 0.25) is 0 Å². The van der Waals surface area contributed by atoms with Crippen LogP contribution >= 0.6 is 7.92 Å². The van der Waals surface area contributed by atoms with Crippen molar-refractivity contribution < 1.29 is 0 Å². The molecule has 31 heavy (non-hydrogen) atoms. The summed E-state index contributed by atoms with van der Waals surface area (Å²) in [5.41, 5.74) is 0. The van der Waals surface area contributed by atoms with Crippen LogP contribution in [0.15, 0.2) is 84.9 Å². The molecule has 4 aliphatic rings. The third kappa shape index (κ3) is 2.84. The summed E-state index contributed by atoms with van der Waals surface area (Å²) in [6.07, 6.45) is 8.89. The van der Waals surface area contributed by atoms with E-state index in [-0.39, 0.29) is 0 Å². The Labute approximate surface area is 186 Å². The number of hydrogen-bond donors (Lipinski definition) is 0. The fourth-order valence-corrected chi connectivity index (χ4v) is 11.7. The summed E-state index contributed by atoms with van der Waals surface area (Å²) < 4.78 is 0. The van der Waals surface area contributed by atoms with E-state index < -0.39 is 7.92 Å². The van der Waals surface area contributed by atoms with E-state index >= 15 is 0 Å². The van der Waals surface area contributed by atoms with Crippen LogP contribution in [0.3, 0.4) is 0 Å². The Balaban J connectivity index is 1.52. The van der Waals surface area contributed by atoms with Crippen molar-refractivity contribution in [2.45, 2.75) is 43.7 Å². The lowest BCUT2D eigenvalue weighted by Gasteiger charge is -2.60. The molecule has 0 unspecified atom stereocenters. The van der Waals surface area contributed by atoms with Crippen molar-refractivity contribution >= 4 is 40.1 Å². The fraction of sp³-hybridized carbons (Fsp3) is 0.333. The minimum atomic E-state index is -0.425. The molecule has 4 saturated carbocycles. The van der Waals surface area contributed by atoms with E-state index in [9.17, 15) is 0 Å². The van der Waals surface area contributed by atoms with E-state index in [4.69, 9.17) is 0 Å². The van der Waals surface area contributed by atoms with Gasteiger partial charge < -0.3 is 0 Å². The average molecular weight is 421 g/mol. The number of fused-ring (bicyclic) bond motifs is 2. The maximum Gasteiger partial charge on any atom is -0.000599 e. The third-order valence-corrected chi connectivity index (χ3v) is 11.7. The molecule has 0 aliphatic heterocycles. The van der Waals surface area contributed by atoms with E-state index in [1.807, 2.05) is 0 Å². The van der Waals surface area contributed by atoms with Crippen LogP contribution in [0, 0.1) is 17.8 Å². The van der Waals surface area contributed by atoms with E-state index in [2.05, 4.69) is 84.9 Å². The van der Waals surface area contributed by atoms with Gasteiger partial charge in [0.25, 0.3) is 0 Å². The van der Waals surface area contributed by atoms with Gasteiger partial charge in [0.2, 0.25) is 0 Å². The molecular weight excluding hydrogens is 391 g/mol. The normalized spacial score (nSPS) is 29.3. The summed E-state index contributed by atoms with van der Waals surface area (Å²) in [5, 5.41) is 9.52. The number of benzene rings is 4. The summed E-state index contributed by atoms with van der Waals surface area (Å²) in [7, 11) is -0.425. The zero-order chi connectivity index (χ0) is 20.4. The molecule has 0 nitrogen and oxygen atoms in total.